The van der Waals surface area contributed by atoms with Gasteiger partial charge in [-0.05, 0) is 6.07 Å². The largest absolute Gasteiger partial charge is 0.507 e. The number of aldehydes is 1. The number of alkyl halides is 34. The highest BCUT2D eigenvalue weighted by atomic mass is 19.4. The first-order valence-electron chi connectivity index (χ1n) is 13.4. The van der Waals surface area contributed by atoms with Crippen LogP contribution in [0.15, 0.2) is 6.07 Å². The molecule has 0 aromatic heterocycles. The number of methoxy groups -OCH3 is 1. The van der Waals surface area contributed by atoms with Crippen LogP contribution in [0.3, 0.4) is 0 Å². The van der Waals surface area contributed by atoms with Crippen molar-refractivity contribution in [2.75, 3.05) is 7.11 Å². The van der Waals surface area contributed by atoms with Crippen LogP contribution in [0.5, 0.6) is 11.5 Å². The number of ether oxygens (including phenoxy) is 1. The predicted octanol–water partition coefficient (Wildman–Crippen LogP) is 12.1. The number of carbonyl (C=O) groups excluding carboxylic acids is 1. The van der Waals surface area contributed by atoms with E-state index in [-0.39, 0.29) is 0 Å². The zero-order valence-electron chi connectivity index (χ0n) is 26.8. The summed E-state index contributed by atoms with van der Waals surface area (Å²) in [6.07, 6.45) is -18.4. The lowest BCUT2D eigenvalue weighted by molar-refractivity contribution is -0.463. The normalized spacial score (nSPS) is 16.2. The maximum absolute atomic E-state index is 15.2. The monoisotopic (exact) mass is 988 g/mol. The van der Waals surface area contributed by atoms with E-state index in [1.54, 1.807) is 0 Å². The molecule has 1 rings (SSSR count). The number of halogens is 34. The molecule has 0 aliphatic carbocycles. The molecule has 0 heterocycles. The van der Waals surface area contributed by atoms with Gasteiger partial charge in [-0.15, -0.1) is 0 Å². The molecule has 0 saturated heterocycles. The van der Waals surface area contributed by atoms with Gasteiger partial charge in [0.15, 0.2) is 6.29 Å². The molecule has 0 bridgehead atoms. The zero-order chi connectivity index (χ0) is 50.0. The van der Waals surface area contributed by atoms with E-state index in [4.69, 9.17) is 0 Å². The molecule has 1 N–H and O–H groups in total. The van der Waals surface area contributed by atoms with E-state index in [1.165, 1.54) is 0 Å². The van der Waals surface area contributed by atoms with E-state index in [1.807, 2.05) is 0 Å². The number of benzene rings is 1. The highest BCUT2D eigenvalue weighted by Gasteiger charge is 2.97. The second-order valence-electron chi connectivity index (χ2n) is 11.4. The fourth-order valence-electron chi connectivity index (χ4n) is 4.16. The van der Waals surface area contributed by atoms with Gasteiger partial charge in [-0.25, -0.2) is 0 Å². The molecule has 0 radical (unpaired) electrons. The minimum atomic E-state index is -9.56. The Morgan fingerprint density at radius 1 is 0.393 bits per heavy atom. The summed E-state index contributed by atoms with van der Waals surface area (Å²) in [4.78, 5) is 11.1. The highest BCUT2D eigenvalue weighted by molar-refractivity contribution is 5.82. The minimum absolute atomic E-state index is 0.897. The maximum Gasteiger partial charge on any atom is 0.460 e. The molecule has 0 aliphatic rings. The molecule has 0 aliphatic heterocycles. The van der Waals surface area contributed by atoms with Crippen molar-refractivity contribution < 1.29 is 164 Å². The van der Waals surface area contributed by atoms with Gasteiger partial charge in [0.1, 0.15) is 17.1 Å². The van der Waals surface area contributed by atoms with Crippen molar-refractivity contribution in [3.8, 4) is 11.5 Å². The summed E-state index contributed by atoms with van der Waals surface area (Å²) in [7, 11) is -0.897. The highest BCUT2D eigenvalue weighted by Crippen LogP contribution is 2.69. The quantitative estimate of drug-likeness (QED) is 0.133. The van der Waals surface area contributed by atoms with Crippen LogP contribution >= 0.6 is 0 Å². The van der Waals surface area contributed by atoms with Gasteiger partial charge >= 0.3 is 95.3 Å². The smallest absolute Gasteiger partial charge is 0.460 e. The molecule has 0 amide bonds. The van der Waals surface area contributed by atoms with E-state index >= 15 is 17.6 Å². The topological polar surface area (TPSA) is 46.5 Å². The van der Waals surface area contributed by atoms with E-state index in [0.717, 1.165) is 0 Å². The molecular formula is C24H6F34O3. The summed E-state index contributed by atoms with van der Waals surface area (Å²) in [5.74, 6) is -136. The zero-order valence-corrected chi connectivity index (χ0v) is 26.8. The third-order valence-corrected chi connectivity index (χ3v) is 7.71. The Hall–Kier alpha value is -3.89. The Morgan fingerprint density at radius 2 is 0.623 bits per heavy atom. The van der Waals surface area contributed by atoms with E-state index in [9.17, 15) is 142 Å². The van der Waals surface area contributed by atoms with Crippen LogP contribution in [-0.4, -0.2) is 102 Å². The molecule has 37 heteroatoms. The summed E-state index contributed by atoms with van der Waals surface area (Å²) in [5.41, 5.74) is -12.3. The van der Waals surface area contributed by atoms with Crippen LogP contribution in [0.4, 0.5) is 149 Å². The van der Waals surface area contributed by atoms with Crippen LogP contribution in [0, 0.1) is 0 Å². The second kappa shape index (κ2) is 14.1. The molecule has 0 atom stereocenters. The van der Waals surface area contributed by atoms with Crippen molar-refractivity contribution in [2.24, 2.45) is 0 Å². The standard InChI is InChI=1S/C24H6F34O3/c1-61-8-5(9(25,26)11(29,30)13(33,34)15(37,38)17(41,42)19(45,46)21(49,50)23(53,54)55)2-4(3-59)7(60)6(8)10(27,28)12(31,32)14(35,36)16(39,40)18(43,44)20(47,48)22(51,52)24(56,57)58/h2-3,60H,1H3. The number of phenols is 1. The third kappa shape index (κ3) is 6.57. The lowest BCUT2D eigenvalue weighted by Crippen LogP contribution is -2.74. The summed E-state index contributed by atoms with van der Waals surface area (Å²) in [6.45, 7) is 0. The number of aromatic hydroxyl groups is 1. The van der Waals surface area contributed by atoms with Crippen LogP contribution in [0.25, 0.3) is 0 Å². The molecule has 1 aromatic rings. The Labute approximate surface area is 308 Å². The molecule has 1 aromatic carbocycles. The van der Waals surface area contributed by atoms with Crippen LogP contribution < -0.4 is 4.74 Å². The Bertz CT molecular complexity index is 1810. The van der Waals surface area contributed by atoms with Gasteiger partial charge in [-0.2, -0.15) is 149 Å². The van der Waals surface area contributed by atoms with Crippen molar-refractivity contribution in [1.29, 1.82) is 0 Å². The lowest BCUT2D eigenvalue weighted by atomic mass is 9.83. The van der Waals surface area contributed by atoms with Gasteiger partial charge < -0.3 is 9.84 Å². The van der Waals surface area contributed by atoms with Gasteiger partial charge in [0, 0.05) is 0 Å². The average molecular weight is 988 g/mol. The van der Waals surface area contributed by atoms with Crippen molar-refractivity contribution in [3.05, 3.63) is 22.8 Å². The van der Waals surface area contributed by atoms with Gasteiger partial charge in [0.2, 0.25) is 0 Å². The van der Waals surface area contributed by atoms with Gasteiger partial charge in [0.05, 0.1) is 18.2 Å². The number of carbonyl (C=O) groups is 1. The molecule has 0 unspecified atom stereocenters. The van der Waals surface area contributed by atoms with Gasteiger partial charge in [0.25, 0.3) is 0 Å². The second-order valence-corrected chi connectivity index (χ2v) is 11.4. The Balaban J connectivity index is 4.46. The molecule has 358 valence electrons. The molecule has 0 saturated carbocycles. The summed E-state index contributed by atoms with van der Waals surface area (Å²) < 4.78 is 471. The van der Waals surface area contributed by atoms with Crippen LogP contribution in [-0.2, 0) is 11.8 Å². The van der Waals surface area contributed by atoms with Crippen molar-refractivity contribution >= 4 is 6.29 Å². The first-order valence-corrected chi connectivity index (χ1v) is 13.4. The minimum Gasteiger partial charge on any atom is -0.507 e. The number of hydrogen-bond donors (Lipinski definition) is 1. The van der Waals surface area contributed by atoms with E-state index < -0.39 is 143 Å². The molecule has 0 fully saturated rings. The van der Waals surface area contributed by atoms with Crippen LogP contribution in [0.2, 0.25) is 0 Å². The lowest BCUT2D eigenvalue weighted by Gasteiger charge is -2.43. The molecule has 61 heavy (non-hydrogen) atoms. The fraction of sp³-hybridized carbons (Fsp3) is 0.708. The third-order valence-electron chi connectivity index (χ3n) is 7.71. The molecule has 3 nitrogen and oxygen atoms in total. The van der Waals surface area contributed by atoms with Gasteiger partial charge in [-0.1, -0.05) is 0 Å². The number of rotatable bonds is 16. The first-order chi connectivity index (χ1) is 26.0. The van der Waals surface area contributed by atoms with E-state index in [0.29, 0.717) is 0 Å². The SMILES string of the molecule is COc1c(C(F)(F)C(F)(F)C(F)(F)C(F)(F)C(F)(F)C(F)(F)C(F)(F)C(F)(F)F)cc(C=O)c(O)c1C(F)(F)C(F)(F)C(F)(F)C(F)(F)C(F)(F)C(F)(F)C(F)(F)C(F)(F)F. The number of hydrogen-bond acceptors (Lipinski definition) is 3. The van der Waals surface area contributed by atoms with Gasteiger partial charge in [-0.3, -0.25) is 4.79 Å². The van der Waals surface area contributed by atoms with Crippen molar-refractivity contribution in [3.63, 3.8) is 0 Å². The molecule has 0 spiro atoms. The summed E-state index contributed by atoms with van der Waals surface area (Å²) in [6, 6.07) is -1.80. The van der Waals surface area contributed by atoms with Crippen molar-refractivity contribution in [2.45, 2.75) is 95.3 Å². The maximum atomic E-state index is 15.2. The number of phenolic OH excluding ortho intramolecular Hbond substituents is 1. The fourth-order valence-corrected chi connectivity index (χ4v) is 4.16. The predicted molar refractivity (Wildman–Crippen MR) is 119 cm³/mol. The first kappa shape index (κ1) is 55.1. The van der Waals surface area contributed by atoms with Crippen LogP contribution in [0.1, 0.15) is 21.5 Å². The Morgan fingerprint density at radius 3 is 0.852 bits per heavy atom. The van der Waals surface area contributed by atoms with Crippen molar-refractivity contribution in [1.82, 2.24) is 0 Å². The summed E-state index contributed by atoms with van der Waals surface area (Å²) in [5, 5.41) is 9.68. The summed E-state index contributed by atoms with van der Waals surface area (Å²) >= 11 is 0. The van der Waals surface area contributed by atoms with E-state index in [2.05, 4.69) is 4.74 Å². The average Bonchev–Trinajstić information content (AvgIpc) is 3.05. The molecular weight excluding hydrogens is 982 g/mol. The Kier molecular flexibility index (Phi) is 12.7.